The van der Waals surface area contributed by atoms with Gasteiger partial charge in [-0.1, -0.05) is 31.9 Å². The average molecular weight is 294 g/mol. The second kappa shape index (κ2) is 2.73. The summed E-state index contributed by atoms with van der Waals surface area (Å²) in [5.41, 5.74) is 0. The molecule has 0 aliphatic heterocycles. The van der Waals surface area contributed by atoms with Gasteiger partial charge in [-0.3, -0.25) is 0 Å². The lowest BCUT2D eigenvalue weighted by Crippen LogP contribution is -2.51. The Balaban J connectivity index is 1.93. The Bertz CT molecular complexity index is 186. The standard InChI is InChI=1S/C10H14Br2/c11-9-6-1-5-2-7(4-6)10(12)8(9)3-5/h5-10H,1-4H2. The van der Waals surface area contributed by atoms with Gasteiger partial charge in [0.2, 0.25) is 0 Å². The van der Waals surface area contributed by atoms with Crippen LogP contribution in [0, 0.1) is 23.7 Å². The monoisotopic (exact) mass is 292 g/mol. The van der Waals surface area contributed by atoms with E-state index in [1.807, 2.05) is 0 Å². The van der Waals surface area contributed by atoms with Gasteiger partial charge < -0.3 is 0 Å². The molecule has 4 fully saturated rings. The van der Waals surface area contributed by atoms with E-state index >= 15 is 0 Å². The highest BCUT2D eigenvalue weighted by Crippen LogP contribution is 2.57. The lowest BCUT2D eigenvalue weighted by Gasteiger charge is -2.55. The first-order valence-corrected chi connectivity index (χ1v) is 6.87. The molecule has 4 saturated carbocycles. The number of hydrogen-bond donors (Lipinski definition) is 0. The van der Waals surface area contributed by atoms with E-state index in [0.29, 0.717) is 0 Å². The molecule has 4 atom stereocenters. The first-order chi connectivity index (χ1) is 5.75. The van der Waals surface area contributed by atoms with E-state index in [4.69, 9.17) is 0 Å². The maximum atomic E-state index is 3.89. The molecule has 0 nitrogen and oxygen atoms in total. The molecule has 0 saturated heterocycles. The fourth-order valence-electron chi connectivity index (χ4n) is 3.77. The molecular formula is C10H14Br2. The van der Waals surface area contributed by atoms with Gasteiger partial charge in [0, 0.05) is 9.65 Å². The summed E-state index contributed by atoms with van der Waals surface area (Å²) >= 11 is 7.78. The molecule has 2 heteroatoms. The van der Waals surface area contributed by atoms with E-state index < -0.39 is 0 Å². The molecular weight excluding hydrogens is 280 g/mol. The summed E-state index contributed by atoms with van der Waals surface area (Å²) < 4.78 is 0. The zero-order chi connectivity index (χ0) is 8.29. The van der Waals surface area contributed by atoms with E-state index in [1.54, 1.807) is 0 Å². The molecule has 0 aromatic carbocycles. The molecule has 0 amide bonds. The van der Waals surface area contributed by atoms with Gasteiger partial charge in [0.05, 0.1) is 0 Å². The van der Waals surface area contributed by atoms with Crippen LogP contribution >= 0.6 is 31.9 Å². The van der Waals surface area contributed by atoms with Crippen LogP contribution in [0.1, 0.15) is 25.7 Å². The van der Waals surface area contributed by atoms with Crippen molar-refractivity contribution < 1.29 is 0 Å². The molecule has 0 heterocycles. The van der Waals surface area contributed by atoms with Crippen LogP contribution in [0.5, 0.6) is 0 Å². The Labute approximate surface area is 90.7 Å². The van der Waals surface area contributed by atoms with Crippen molar-refractivity contribution in [2.45, 2.75) is 35.3 Å². The minimum Gasteiger partial charge on any atom is -0.0884 e. The van der Waals surface area contributed by atoms with Crippen molar-refractivity contribution in [1.82, 2.24) is 0 Å². The molecule has 4 unspecified atom stereocenters. The molecule has 0 aromatic rings. The molecule has 0 spiro atoms. The van der Waals surface area contributed by atoms with E-state index in [2.05, 4.69) is 31.9 Å². The van der Waals surface area contributed by atoms with Crippen molar-refractivity contribution in [1.29, 1.82) is 0 Å². The molecule has 12 heavy (non-hydrogen) atoms. The first-order valence-electron chi connectivity index (χ1n) is 5.04. The van der Waals surface area contributed by atoms with E-state index in [9.17, 15) is 0 Å². The Morgan fingerprint density at radius 3 is 1.92 bits per heavy atom. The molecule has 0 radical (unpaired) electrons. The van der Waals surface area contributed by atoms with Crippen molar-refractivity contribution in [3.05, 3.63) is 0 Å². The predicted molar refractivity (Wildman–Crippen MR) is 57.9 cm³/mol. The van der Waals surface area contributed by atoms with Gasteiger partial charge in [0.25, 0.3) is 0 Å². The fourth-order valence-corrected chi connectivity index (χ4v) is 6.13. The van der Waals surface area contributed by atoms with Crippen LogP contribution in [0.4, 0.5) is 0 Å². The van der Waals surface area contributed by atoms with Crippen LogP contribution in [0.3, 0.4) is 0 Å². The zero-order valence-electron chi connectivity index (χ0n) is 7.05. The summed E-state index contributed by atoms with van der Waals surface area (Å²) in [6, 6.07) is 0. The largest absolute Gasteiger partial charge is 0.0884 e. The molecule has 4 rings (SSSR count). The number of rotatable bonds is 0. The summed E-state index contributed by atoms with van der Waals surface area (Å²) in [5, 5.41) is 0. The second-order valence-corrected chi connectivity index (χ2v) is 7.00. The lowest BCUT2D eigenvalue weighted by molar-refractivity contribution is 0.0379. The maximum absolute atomic E-state index is 3.89. The number of alkyl halides is 2. The molecule has 4 aliphatic carbocycles. The van der Waals surface area contributed by atoms with Crippen molar-refractivity contribution in [2.75, 3.05) is 0 Å². The van der Waals surface area contributed by atoms with Gasteiger partial charge >= 0.3 is 0 Å². The van der Waals surface area contributed by atoms with Gasteiger partial charge in [0.15, 0.2) is 0 Å². The zero-order valence-corrected chi connectivity index (χ0v) is 10.2. The van der Waals surface area contributed by atoms with Gasteiger partial charge in [0.1, 0.15) is 0 Å². The van der Waals surface area contributed by atoms with Crippen molar-refractivity contribution in [3.8, 4) is 0 Å². The Morgan fingerprint density at radius 2 is 1.33 bits per heavy atom. The first kappa shape index (κ1) is 8.28. The molecule has 68 valence electrons. The summed E-state index contributed by atoms with van der Waals surface area (Å²) in [4.78, 5) is 1.66. The summed E-state index contributed by atoms with van der Waals surface area (Å²) in [7, 11) is 0. The second-order valence-electron chi connectivity index (χ2n) is 4.88. The van der Waals surface area contributed by atoms with Crippen LogP contribution in [0.15, 0.2) is 0 Å². The minimum atomic E-state index is 0.828. The van der Waals surface area contributed by atoms with Gasteiger partial charge in [-0.2, -0.15) is 0 Å². The summed E-state index contributed by atoms with van der Waals surface area (Å²) in [5.74, 6) is 4.06. The van der Waals surface area contributed by atoms with Crippen LogP contribution < -0.4 is 0 Å². The predicted octanol–water partition coefficient (Wildman–Crippen LogP) is 3.58. The molecule has 4 bridgehead atoms. The summed E-state index contributed by atoms with van der Waals surface area (Å²) in [6.45, 7) is 0. The van der Waals surface area contributed by atoms with Crippen LogP contribution in [0.25, 0.3) is 0 Å². The highest BCUT2D eigenvalue weighted by molar-refractivity contribution is 9.10. The molecule has 4 aliphatic rings. The Kier molecular flexibility index (Phi) is 1.88. The van der Waals surface area contributed by atoms with Crippen molar-refractivity contribution >= 4 is 31.9 Å². The lowest BCUT2D eigenvalue weighted by atomic mass is 9.56. The van der Waals surface area contributed by atoms with Crippen molar-refractivity contribution in [3.63, 3.8) is 0 Å². The Morgan fingerprint density at radius 1 is 0.750 bits per heavy atom. The maximum Gasteiger partial charge on any atom is 0.0213 e. The average Bonchev–Trinajstić information content (AvgIpc) is 2.07. The molecule has 0 aromatic heterocycles. The Hall–Kier alpha value is 0.960. The number of hydrogen-bond acceptors (Lipinski definition) is 0. The van der Waals surface area contributed by atoms with E-state index in [-0.39, 0.29) is 0 Å². The minimum absolute atomic E-state index is 0.828. The topological polar surface area (TPSA) is 0 Å². The van der Waals surface area contributed by atoms with E-state index in [0.717, 1.165) is 33.3 Å². The fraction of sp³-hybridized carbons (Fsp3) is 1.00. The van der Waals surface area contributed by atoms with Crippen LogP contribution in [-0.4, -0.2) is 9.65 Å². The van der Waals surface area contributed by atoms with Crippen LogP contribution in [-0.2, 0) is 0 Å². The highest BCUT2D eigenvalue weighted by atomic mass is 79.9. The summed E-state index contributed by atoms with van der Waals surface area (Å²) in [6.07, 6.45) is 6.00. The third-order valence-corrected chi connectivity index (χ3v) is 7.06. The van der Waals surface area contributed by atoms with E-state index in [1.165, 1.54) is 25.7 Å². The SMILES string of the molecule is BrC1C2CC3CC(C2)C(Br)C1C3. The normalized spacial score (nSPS) is 62.5. The van der Waals surface area contributed by atoms with Crippen molar-refractivity contribution in [2.24, 2.45) is 23.7 Å². The highest BCUT2D eigenvalue weighted by Gasteiger charge is 2.51. The number of halogens is 2. The van der Waals surface area contributed by atoms with Gasteiger partial charge in [-0.05, 0) is 49.4 Å². The van der Waals surface area contributed by atoms with Gasteiger partial charge in [-0.25, -0.2) is 0 Å². The smallest absolute Gasteiger partial charge is 0.0213 e. The third-order valence-electron chi connectivity index (χ3n) is 4.20. The third kappa shape index (κ3) is 1.00. The quantitative estimate of drug-likeness (QED) is 0.599. The van der Waals surface area contributed by atoms with Crippen LogP contribution in [0.2, 0.25) is 0 Å². The van der Waals surface area contributed by atoms with Gasteiger partial charge in [-0.15, -0.1) is 0 Å². The molecule has 0 N–H and O–H groups in total.